The zero-order valence-corrected chi connectivity index (χ0v) is 6.37. The maximum atomic E-state index is 11.0. The zero-order valence-electron chi connectivity index (χ0n) is 6.37. The van der Waals surface area contributed by atoms with Gasteiger partial charge in [-0.25, -0.2) is 0 Å². The molecule has 2 rings (SSSR count). The first-order chi connectivity index (χ1) is 6.11. The van der Waals surface area contributed by atoms with E-state index in [-0.39, 0.29) is 11.1 Å². The van der Waals surface area contributed by atoms with Gasteiger partial charge in [-0.3, -0.25) is 14.9 Å². The van der Waals surface area contributed by atoms with Crippen molar-refractivity contribution in [1.82, 2.24) is 5.32 Å². The first kappa shape index (κ1) is 7.60. The summed E-state index contributed by atoms with van der Waals surface area (Å²) in [6, 6.07) is 2.44. The minimum absolute atomic E-state index is 0.0836. The van der Waals surface area contributed by atoms with Crippen molar-refractivity contribution in [2.24, 2.45) is 0 Å². The first-order valence-corrected chi connectivity index (χ1v) is 3.52. The lowest BCUT2D eigenvalue weighted by Gasteiger charge is -1.99. The third-order valence-electron chi connectivity index (χ3n) is 1.86. The molecule has 13 heavy (non-hydrogen) atoms. The summed E-state index contributed by atoms with van der Waals surface area (Å²) >= 11 is 0. The van der Waals surface area contributed by atoms with Crippen LogP contribution in [-0.4, -0.2) is 22.0 Å². The Kier molecular flexibility index (Phi) is 1.30. The summed E-state index contributed by atoms with van der Waals surface area (Å²) in [6.45, 7) is 0. The van der Waals surface area contributed by atoms with Crippen molar-refractivity contribution in [1.29, 1.82) is 0 Å². The molecule has 0 saturated heterocycles. The van der Waals surface area contributed by atoms with Gasteiger partial charge >= 0.3 is 0 Å². The van der Waals surface area contributed by atoms with E-state index in [1.165, 1.54) is 6.07 Å². The number of amides is 2. The van der Waals surface area contributed by atoms with E-state index in [4.69, 9.17) is 5.11 Å². The van der Waals surface area contributed by atoms with Gasteiger partial charge in [-0.15, -0.1) is 0 Å². The maximum Gasteiger partial charge on any atom is 0.262 e. The number of aromatic hydroxyl groups is 2. The highest BCUT2D eigenvalue weighted by molar-refractivity contribution is 6.23. The Morgan fingerprint density at radius 1 is 1.08 bits per heavy atom. The van der Waals surface area contributed by atoms with Gasteiger partial charge in [-0.2, -0.15) is 0 Å². The molecule has 2 amide bonds. The second kappa shape index (κ2) is 2.22. The number of phenols is 2. The smallest absolute Gasteiger partial charge is 0.262 e. The van der Waals surface area contributed by atoms with Crippen LogP contribution in [0.15, 0.2) is 12.1 Å². The molecule has 5 nitrogen and oxygen atoms in total. The van der Waals surface area contributed by atoms with Crippen molar-refractivity contribution >= 4 is 11.8 Å². The molecule has 0 atom stereocenters. The van der Waals surface area contributed by atoms with Crippen LogP contribution in [0.2, 0.25) is 0 Å². The summed E-state index contributed by atoms with van der Waals surface area (Å²) in [5, 5.41) is 20.3. The molecule has 0 aromatic heterocycles. The van der Waals surface area contributed by atoms with Crippen molar-refractivity contribution in [3.63, 3.8) is 0 Å². The number of rotatable bonds is 0. The van der Waals surface area contributed by atoms with Gasteiger partial charge in [-0.1, -0.05) is 0 Å². The monoisotopic (exact) mass is 179 g/mol. The van der Waals surface area contributed by atoms with E-state index in [9.17, 15) is 14.7 Å². The van der Waals surface area contributed by atoms with E-state index in [0.29, 0.717) is 0 Å². The predicted octanol–water partition coefficient (Wildman–Crippen LogP) is -0.0186. The lowest BCUT2D eigenvalue weighted by Crippen LogP contribution is -2.19. The van der Waals surface area contributed by atoms with Crippen LogP contribution >= 0.6 is 0 Å². The van der Waals surface area contributed by atoms with Crippen LogP contribution in [0.5, 0.6) is 11.5 Å². The molecule has 0 bridgehead atoms. The fraction of sp³-hybridized carbons (Fsp3) is 0. The summed E-state index contributed by atoms with van der Waals surface area (Å²) < 4.78 is 0. The maximum absolute atomic E-state index is 11.0. The molecule has 1 aliphatic heterocycles. The first-order valence-electron chi connectivity index (χ1n) is 3.52. The molecular formula is C8H5NO4. The number of carbonyl (C=O) groups is 2. The number of hydrogen-bond donors (Lipinski definition) is 3. The summed E-state index contributed by atoms with van der Waals surface area (Å²) in [7, 11) is 0. The van der Waals surface area contributed by atoms with Crippen LogP contribution in [0.4, 0.5) is 0 Å². The minimum Gasteiger partial charge on any atom is -0.504 e. The largest absolute Gasteiger partial charge is 0.504 e. The van der Waals surface area contributed by atoms with Crippen LogP contribution in [0, 0.1) is 0 Å². The standard InChI is InChI=1S/C8H5NO4/c10-4-2-1-3-5(6(4)11)8(13)9-7(3)12/h1-2,10-11H,(H,9,12,13). The quantitative estimate of drug-likeness (QED) is 0.386. The molecular weight excluding hydrogens is 174 g/mol. The van der Waals surface area contributed by atoms with Gasteiger partial charge in [-0.05, 0) is 12.1 Å². The van der Waals surface area contributed by atoms with E-state index in [1.54, 1.807) is 0 Å². The molecule has 0 saturated carbocycles. The Balaban J connectivity index is 2.78. The van der Waals surface area contributed by atoms with Gasteiger partial charge in [0.1, 0.15) is 0 Å². The highest BCUT2D eigenvalue weighted by atomic mass is 16.3. The normalized spacial score (nSPS) is 14.2. The number of benzene rings is 1. The second-order valence-corrected chi connectivity index (χ2v) is 2.64. The highest BCUT2D eigenvalue weighted by Crippen LogP contribution is 2.33. The summed E-state index contributed by atoms with van der Waals surface area (Å²) in [4.78, 5) is 22.1. The molecule has 1 aliphatic rings. The Morgan fingerprint density at radius 2 is 1.77 bits per heavy atom. The summed E-state index contributed by atoms with van der Waals surface area (Å²) in [6.07, 6.45) is 0. The van der Waals surface area contributed by atoms with E-state index in [0.717, 1.165) is 6.07 Å². The Labute approximate surface area is 72.6 Å². The number of imide groups is 1. The van der Waals surface area contributed by atoms with E-state index >= 15 is 0 Å². The van der Waals surface area contributed by atoms with Crippen molar-refractivity contribution in [2.75, 3.05) is 0 Å². The van der Waals surface area contributed by atoms with Gasteiger partial charge in [0.25, 0.3) is 11.8 Å². The molecule has 0 aliphatic carbocycles. The molecule has 5 heteroatoms. The molecule has 0 spiro atoms. The fourth-order valence-electron chi connectivity index (χ4n) is 1.23. The summed E-state index contributed by atoms with van der Waals surface area (Å²) in [5.74, 6) is -2.21. The van der Waals surface area contributed by atoms with Gasteiger partial charge in [0, 0.05) is 0 Å². The van der Waals surface area contributed by atoms with Crippen molar-refractivity contribution in [3.05, 3.63) is 23.3 Å². The van der Waals surface area contributed by atoms with Crippen LogP contribution in [0.1, 0.15) is 20.7 Å². The molecule has 1 heterocycles. The Bertz CT molecular complexity index is 424. The van der Waals surface area contributed by atoms with Gasteiger partial charge in [0.15, 0.2) is 11.5 Å². The molecule has 66 valence electrons. The van der Waals surface area contributed by atoms with Crippen LogP contribution in [0.3, 0.4) is 0 Å². The molecule has 1 aromatic carbocycles. The molecule has 0 radical (unpaired) electrons. The van der Waals surface area contributed by atoms with Crippen LogP contribution < -0.4 is 5.32 Å². The second-order valence-electron chi connectivity index (χ2n) is 2.64. The molecule has 3 N–H and O–H groups in total. The number of phenolic OH excluding ortho intramolecular Hbond substituents is 2. The zero-order chi connectivity index (χ0) is 9.59. The van der Waals surface area contributed by atoms with Crippen molar-refractivity contribution in [2.45, 2.75) is 0 Å². The molecule has 0 fully saturated rings. The Morgan fingerprint density at radius 3 is 2.46 bits per heavy atom. The fourth-order valence-corrected chi connectivity index (χ4v) is 1.23. The lowest BCUT2D eigenvalue weighted by molar-refractivity contribution is 0.0879. The van der Waals surface area contributed by atoms with E-state index in [2.05, 4.69) is 0 Å². The van der Waals surface area contributed by atoms with Gasteiger partial charge in [0.05, 0.1) is 11.1 Å². The average Bonchev–Trinajstić information content (AvgIpc) is 2.35. The minimum atomic E-state index is -0.687. The Hall–Kier alpha value is -2.04. The number of fused-ring (bicyclic) bond motifs is 1. The summed E-state index contributed by atoms with van der Waals surface area (Å²) in [5.41, 5.74) is -0.0784. The topological polar surface area (TPSA) is 86.6 Å². The van der Waals surface area contributed by atoms with Crippen LogP contribution in [0.25, 0.3) is 0 Å². The predicted molar refractivity (Wildman–Crippen MR) is 41.6 cm³/mol. The van der Waals surface area contributed by atoms with Gasteiger partial charge < -0.3 is 10.2 Å². The van der Waals surface area contributed by atoms with E-state index < -0.39 is 23.3 Å². The molecule has 1 aromatic rings. The third-order valence-corrected chi connectivity index (χ3v) is 1.86. The number of hydrogen-bond acceptors (Lipinski definition) is 4. The van der Waals surface area contributed by atoms with E-state index in [1.807, 2.05) is 5.32 Å². The third kappa shape index (κ3) is 0.868. The van der Waals surface area contributed by atoms with Crippen molar-refractivity contribution < 1.29 is 19.8 Å². The number of carbonyl (C=O) groups excluding carboxylic acids is 2. The molecule has 0 unspecified atom stereocenters. The highest BCUT2D eigenvalue weighted by Gasteiger charge is 2.30. The number of nitrogens with one attached hydrogen (secondary N) is 1. The van der Waals surface area contributed by atoms with Gasteiger partial charge in [0.2, 0.25) is 0 Å². The van der Waals surface area contributed by atoms with Crippen molar-refractivity contribution in [3.8, 4) is 11.5 Å². The SMILES string of the molecule is O=C1NC(=O)c2c1ccc(O)c2O. The average molecular weight is 179 g/mol. The lowest BCUT2D eigenvalue weighted by atomic mass is 10.1. The van der Waals surface area contributed by atoms with Crippen LogP contribution in [-0.2, 0) is 0 Å².